The van der Waals surface area contributed by atoms with Crippen LogP contribution in [0.1, 0.15) is 0 Å². The third kappa shape index (κ3) is 9.31. The van der Waals surface area contributed by atoms with Gasteiger partial charge in [-0.05, 0) is 0 Å². The molecule has 1 aliphatic rings. The fourth-order valence-corrected chi connectivity index (χ4v) is 670. The van der Waals surface area contributed by atoms with E-state index >= 15 is 0 Å². The van der Waals surface area contributed by atoms with Crippen LogP contribution in [0.4, 0.5) is 0 Å². The molecule has 0 aromatic heterocycles. The molecule has 1 saturated heterocycles. The second kappa shape index (κ2) is 11.1. The van der Waals surface area contributed by atoms with E-state index < -0.39 is 0 Å². The van der Waals surface area contributed by atoms with Crippen LogP contribution in [0.15, 0.2) is 0 Å². The van der Waals surface area contributed by atoms with Crippen molar-refractivity contribution >= 4 is 93.0 Å². The molecule has 2 atom stereocenters. The first-order chi connectivity index (χ1) is 4.00. The standard InChI is InChI=1S/As8H3.Cr/c1-2-4-6-8-7-5-3-1;/h1,4-5H;/q-3;. The third-order valence-corrected chi connectivity index (χ3v) is 276. The van der Waals surface area contributed by atoms with Gasteiger partial charge in [0.05, 0.1) is 0 Å². The van der Waals surface area contributed by atoms with E-state index in [9.17, 15) is 0 Å². The normalized spacial score (nSPS) is 42.7. The van der Waals surface area contributed by atoms with Gasteiger partial charge in [0, 0.05) is 17.4 Å². The molecule has 1 heterocycles. The summed E-state index contributed by atoms with van der Waals surface area (Å²) in [5, 5.41) is 0. The number of hydrogen-bond donors (Lipinski definition) is 0. The van der Waals surface area contributed by atoms with Gasteiger partial charge in [0.25, 0.3) is 0 Å². The van der Waals surface area contributed by atoms with Crippen molar-refractivity contribution in [1.29, 1.82) is 0 Å². The summed E-state index contributed by atoms with van der Waals surface area (Å²) < 4.78 is 0. The summed E-state index contributed by atoms with van der Waals surface area (Å²) in [6.07, 6.45) is 0. The molecule has 8 radical (unpaired) electrons. The fourth-order valence-electron chi connectivity index (χ4n) is 0.177. The van der Waals surface area contributed by atoms with E-state index in [2.05, 4.69) is 0 Å². The van der Waals surface area contributed by atoms with Crippen molar-refractivity contribution in [2.24, 2.45) is 0 Å². The van der Waals surface area contributed by atoms with Gasteiger partial charge in [-0.3, -0.25) is 0 Å². The maximum atomic E-state index is 1.20. The molecule has 0 aliphatic carbocycles. The maximum Gasteiger partial charge on any atom is 0 e. The Morgan fingerprint density at radius 3 is 1.89 bits per heavy atom. The van der Waals surface area contributed by atoms with Crippen molar-refractivity contribution in [3.63, 3.8) is 0 Å². The maximum absolute atomic E-state index is 1.20. The molecule has 1 fully saturated rings. The molecule has 1 aliphatic heterocycles. The van der Waals surface area contributed by atoms with Gasteiger partial charge in [0.2, 0.25) is 0 Å². The van der Waals surface area contributed by atoms with Gasteiger partial charge in [0.1, 0.15) is 0 Å². The van der Waals surface area contributed by atoms with Gasteiger partial charge in [-0.15, -0.1) is 0 Å². The van der Waals surface area contributed by atoms with Crippen LogP contribution in [-0.2, 0) is 17.4 Å². The van der Waals surface area contributed by atoms with Crippen LogP contribution in [0.3, 0.4) is 0 Å². The van der Waals surface area contributed by atoms with Crippen LogP contribution >= 0.6 is 0 Å². The average Bonchev–Trinajstić information content (AvgIpc) is 1.62. The van der Waals surface area contributed by atoms with E-state index in [1.165, 1.54) is 46.5 Å². The largest absolute Gasteiger partial charge is 0 e. The first kappa shape index (κ1) is 14.0. The monoisotopic (exact) mass is 654 g/mol. The van der Waals surface area contributed by atoms with E-state index in [4.69, 9.17) is 0 Å². The Hall–Kier alpha value is 5.00. The summed E-state index contributed by atoms with van der Waals surface area (Å²) in [5.74, 6) is 0. The Morgan fingerprint density at radius 1 is 0.778 bits per heavy atom. The van der Waals surface area contributed by atoms with E-state index in [1.54, 1.807) is 0 Å². The second-order valence-corrected chi connectivity index (χ2v) is 114. The molecule has 0 bridgehead atoms. The van der Waals surface area contributed by atoms with Crippen molar-refractivity contribution in [1.82, 2.24) is 0 Å². The average molecular weight is 654 g/mol. The first-order valence-corrected chi connectivity index (χ1v) is 47.0. The van der Waals surface area contributed by atoms with Gasteiger partial charge in [-0.2, -0.15) is 0 Å². The van der Waals surface area contributed by atoms with E-state index in [1.807, 2.05) is 0 Å². The zero-order valence-corrected chi connectivity index (χ0v) is 21.1. The van der Waals surface area contributed by atoms with Crippen molar-refractivity contribution in [2.45, 2.75) is 0 Å². The summed E-state index contributed by atoms with van der Waals surface area (Å²) in [5.41, 5.74) is 0. The first-order valence-electron chi connectivity index (χ1n) is 1.74. The van der Waals surface area contributed by atoms with Gasteiger partial charge in [0.15, 0.2) is 0 Å². The Labute approximate surface area is 107 Å². The van der Waals surface area contributed by atoms with Crippen LogP contribution in [0.5, 0.6) is 0 Å². The summed E-state index contributed by atoms with van der Waals surface area (Å²) in [7, 11) is 0. The minimum absolute atomic E-state index is 0. The molecule has 9 heteroatoms. The van der Waals surface area contributed by atoms with Crippen LogP contribution in [0.2, 0.25) is 0 Å². The molecule has 0 aromatic rings. The fraction of sp³-hybridized carbons (Fsp3) is 0. The Balaban J connectivity index is 0.000000640. The van der Waals surface area contributed by atoms with E-state index in [0.29, 0.717) is 0 Å². The summed E-state index contributed by atoms with van der Waals surface area (Å²) in [4.78, 5) is 0. The van der Waals surface area contributed by atoms with Crippen molar-refractivity contribution in [3.05, 3.63) is 0 Å². The van der Waals surface area contributed by atoms with Gasteiger partial charge < -0.3 is 0 Å². The minimum atomic E-state index is 0. The molecule has 0 aromatic carbocycles. The van der Waals surface area contributed by atoms with Crippen molar-refractivity contribution < 1.29 is 17.4 Å². The Kier molecular flexibility index (Phi) is 17.2. The topological polar surface area (TPSA) is 0 Å². The number of hydrogen-bond acceptors (Lipinski definition) is 0. The quantitative estimate of drug-likeness (QED) is 0.235. The molecule has 0 N–H and O–H groups in total. The van der Waals surface area contributed by atoms with E-state index in [0.717, 1.165) is 46.5 Å². The van der Waals surface area contributed by atoms with Crippen LogP contribution in [0.25, 0.3) is 0 Å². The molecule has 0 nitrogen and oxygen atoms in total. The molecule has 0 amide bonds. The van der Waals surface area contributed by atoms with Gasteiger partial charge >= 0.3 is 93.0 Å². The summed E-state index contributed by atoms with van der Waals surface area (Å²) in [6.45, 7) is 0. The van der Waals surface area contributed by atoms with Gasteiger partial charge in [-0.1, -0.05) is 0 Å². The summed E-state index contributed by atoms with van der Waals surface area (Å²) in [6, 6.07) is 0. The number of rotatable bonds is 0. The molecule has 52 valence electrons. The predicted octanol–water partition coefficient (Wildman–Crippen LogP) is -3.85. The smallest absolute Gasteiger partial charge is 0 e. The zero-order chi connectivity index (χ0) is 5.66. The third-order valence-electron chi connectivity index (χ3n) is 0.379. The minimum Gasteiger partial charge on any atom is 0 e. The van der Waals surface area contributed by atoms with Crippen LogP contribution < -0.4 is 0 Å². The molecule has 0 spiro atoms. The summed E-state index contributed by atoms with van der Waals surface area (Å²) >= 11 is 8.62. The SMILES string of the molecule is [As]1[As][AsH-][As][AsH-][As][AsH-][As]1.[Cr]. The molecule has 1 rings (SSSR count). The van der Waals surface area contributed by atoms with Crippen LogP contribution in [-0.4, -0.2) is 93.0 Å². The van der Waals surface area contributed by atoms with Crippen molar-refractivity contribution in [2.75, 3.05) is 0 Å². The molecule has 2 unspecified atom stereocenters. The molecule has 0 saturated carbocycles. The second-order valence-electron chi connectivity index (χ2n) is 0.813. The van der Waals surface area contributed by atoms with Crippen molar-refractivity contribution in [3.8, 4) is 0 Å². The molecular formula is H3As8Cr-3. The van der Waals surface area contributed by atoms with E-state index in [-0.39, 0.29) is 17.4 Å². The van der Waals surface area contributed by atoms with Crippen LogP contribution in [0, 0.1) is 0 Å². The van der Waals surface area contributed by atoms with Gasteiger partial charge in [-0.25, -0.2) is 0 Å². The predicted molar refractivity (Wildman–Crippen MR) is 50.2 cm³/mol. The molecular weight excluding hydrogens is 651 g/mol. The zero-order valence-electron chi connectivity index (χ0n) is 4.14. The Morgan fingerprint density at radius 2 is 1.33 bits per heavy atom. The Bertz CT molecular complexity index is 28.5. The molecule has 9 heavy (non-hydrogen) atoms.